The van der Waals surface area contributed by atoms with Gasteiger partial charge in [-0.05, 0) is 65.4 Å². The highest BCUT2D eigenvalue weighted by Gasteiger charge is 2.04. The van der Waals surface area contributed by atoms with E-state index in [0.29, 0.717) is 13.0 Å². The van der Waals surface area contributed by atoms with Crippen LogP contribution in [0.5, 0.6) is 5.75 Å². The van der Waals surface area contributed by atoms with E-state index in [-0.39, 0.29) is 5.91 Å². The number of ether oxygens (including phenoxy) is 1. The quantitative estimate of drug-likeness (QED) is 0.795. The first-order valence-corrected chi connectivity index (χ1v) is 7.47. The van der Waals surface area contributed by atoms with Crippen LogP contribution in [0.3, 0.4) is 0 Å². The van der Waals surface area contributed by atoms with Crippen molar-refractivity contribution in [2.24, 2.45) is 0 Å². The molecule has 0 fully saturated rings. The van der Waals surface area contributed by atoms with Gasteiger partial charge < -0.3 is 10.1 Å². The molecule has 2 aromatic rings. The summed E-state index contributed by atoms with van der Waals surface area (Å²) in [7, 11) is 0. The summed E-state index contributed by atoms with van der Waals surface area (Å²) in [6, 6.07) is 15.5. The van der Waals surface area contributed by atoms with Crippen molar-refractivity contribution in [2.75, 3.05) is 11.9 Å². The summed E-state index contributed by atoms with van der Waals surface area (Å²) in [6.45, 7) is 2.36. The Labute approximate surface area is 132 Å². The van der Waals surface area contributed by atoms with Crippen molar-refractivity contribution >= 4 is 34.2 Å². The Morgan fingerprint density at radius 2 is 1.85 bits per heavy atom. The number of para-hydroxylation sites is 1. The Morgan fingerprint density at radius 1 is 1.15 bits per heavy atom. The third kappa shape index (κ3) is 4.52. The van der Waals surface area contributed by atoms with Crippen LogP contribution in [0.1, 0.15) is 12.0 Å². The standard InChI is InChI=1S/C16H16INO2/c1-12-4-2-3-5-15(12)20-11-10-16(19)18-14-8-6-13(17)7-9-14/h2-9H,10-11H2,1H3,(H,18,19). The van der Waals surface area contributed by atoms with Crippen molar-refractivity contribution in [3.63, 3.8) is 0 Å². The van der Waals surface area contributed by atoms with Gasteiger partial charge in [-0.3, -0.25) is 4.79 Å². The summed E-state index contributed by atoms with van der Waals surface area (Å²) in [5.41, 5.74) is 1.89. The monoisotopic (exact) mass is 381 g/mol. The molecule has 0 aromatic heterocycles. The second-order valence-corrected chi connectivity index (χ2v) is 5.66. The number of nitrogens with one attached hydrogen (secondary N) is 1. The van der Waals surface area contributed by atoms with Crippen LogP contribution in [-0.4, -0.2) is 12.5 Å². The van der Waals surface area contributed by atoms with Crippen molar-refractivity contribution in [3.05, 3.63) is 57.7 Å². The van der Waals surface area contributed by atoms with E-state index in [4.69, 9.17) is 4.74 Å². The molecule has 2 aromatic carbocycles. The molecule has 0 atom stereocenters. The molecule has 2 rings (SSSR count). The van der Waals surface area contributed by atoms with Gasteiger partial charge in [0.1, 0.15) is 5.75 Å². The molecule has 0 bridgehead atoms. The van der Waals surface area contributed by atoms with Crippen LogP contribution in [0.2, 0.25) is 0 Å². The molecule has 4 heteroatoms. The maximum absolute atomic E-state index is 11.8. The van der Waals surface area contributed by atoms with E-state index in [1.807, 2.05) is 55.5 Å². The summed E-state index contributed by atoms with van der Waals surface area (Å²) in [6.07, 6.45) is 0.334. The third-order valence-corrected chi connectivity index (χ3v) is 3.53. The van der Waals surface area contributed by atoms with Gasteiger partial charge in [-0.15, -0.1) is 0 Å². The van der Waals surface area contributed by atoms with Crippen LogP contribution in [0.25, 0.3) is 0 Å². The molecule has 0 aliphatic carbocycles. The highest BCUT2D eigenvalue weighted by atomic mass is 127. The average Bonchev–Trinajstić information content (AvgIpc) is 2.43. The smallest absolute Gasteiger partial charge is 0.227 e. The van der Waals surface area contributed by atoms with Crippen LogP contribution >= 0.6 is 22.6 Å². The molecule has 20 heavy (non-hydrogen) atoms. The van der Waals surface area contributed by atoms with Crippen LogP contribution in [0.15, 0.2) is 48.5 Å². The van der Waals surface area contributed by atoms with Gasteiger partial charge in [-0.25, -0.2) is 0 Å². The third-order valence-electron chi connectivity index (χ3n) is 2.81. The van der Waals surface area contributed by atoms with E-state index in [2.05, 4.69) is 27.9 Å². The molecule has 0 saturated heterocycles. The lowest BCUT2D eigenvalue weighted by atomic mass is 10.2. The van der Waals surface area contributed by atoms with E-state index in [9.17, 15) is 4.79 Å². The molecule has 0 saturated carbocycles. The number of anilines is 1. The largest absolute Gasteiger partial charge is 0.493 e. The Balaban J connectivity index is 1.78. The molecule has 1 N–H and O–H groups in total. The van der Waals surface area contributed by atoms with Gasteiger partial charge in [-0.2, -0.15) is 0 Å². The summed E-state index contributed by atoms with van der Waals surface area (Å²) >= 11 is 2.23. The van der Waals surface area contributed by atoms with E-state index in [0.717, 1.165) is 20.6 Å². The number of amides is 1. The summed E-state index contributed by atoms with van der Waals surface area (Å²) in [5, 5.41) is 2.85. The lowest BCUT2D eigenvalue weighted by molar-refractivity contribution is -0.116. The van der Waals surface area contributed by atoms with Crippen molar-refractivity contribution in [2.45, 2.75) is 13.3 Å². The molecule has 3 nitrogen and oxygen atoms in total. The van der Waals surface area contributed by atoms with Crippen LogP contribution < -0.4 is 10.1 Å². The Hall–Kier alpha value is -1.56. The van der Waals surface area contributed by atoms with E-state index in [1.54, 1.807) is 0 Å². The van der Waals surface area contributed by atoms with Gasteiger partial charge in [0, 0.05) is 9.26 Å². The zero-order valence-electron chi connectivity index (χ0n) is 11.2. The van der Waals surface area contributed by atoms with E-state index >= 15 is 0 Å². The molecular weight excluding hydrogens is 365 g/mol. The highest BCUT2D eigenvalue weighted by Crippen LogP contribution is 2.16. The van der Waals surface area contributed by atoms with Crippen LogP contribution in [0, 0.1) is 10.5 Å². The van der Waals surface area contributed by atoms with Gasteiger partial charge in [0.05, 0.1) is 13.0 Å². The lowest BCUT2D eigenvalue weighted by Gasteiger charge is -2.09. The fourth-order valence-electron chi connectivity index (χ4n) is 1.73. The van der Waals surface area contributed by atoms with E-state index < -0.39 is 0 Å². The fraction of sp³-hybridized carbons (Fsp3) is 0.188. The lowest BCUT2D eigenvalue weighted by Crippen LogP contribution is -2.15. The number of halogens is 1. The predicted octanol–water partition coefficient (Wildman–Crippen LogP) is 4.01. The first-order chi connectivity index (χ1) is 9.65. The minimum Gasteiger partial charge on any atom is -0.493 e. The normalized spacial score (nSPS) is 10.1. The second kappa shape index (κ2) is 7.28. The van der Waals surface area contributed by atoms with Crippen molar-refractivity contribution < 1.29 is 9.53 Å². The number of hydrogen-bond acceptors (Lipinski definition) is 2. The molecule has 0 radical (unpaired) electrons. The first-order valence-electron chi connectivity index (χ1n) is 6.39. The highest BCUT2D eigenvalue weighted by molar-refractivity contribution is 14.1. The van der Waals surface area contributed by atoms with Crippen molar-refractivity contribution in [1.82, 2.24) is 0 Å². The minimum atomic E-state index is -0.0419. The SMILES string of the molecule is Cc1ccccc1OCCC(=O)Nc1ccc(I)cc1. The predicted molar refractivity (Wildman–Crippen MR) is 89.1 cm³/mol. The van der Waals surface area contributed by atoms with Gasteiger partial charge >= 0.3 is 0 Å². The number of carbonyl (C=O) groups is 1. The zero-order chi connectivity index (χ0) is 14.4. The fourth-order valence-corrected chi connectivity index (χ4v) is 2.09. The van der Waals surface area contributed by atoms with Crippen molar-refractivity contribution in [3.8, 4) is 5.75 Å². The number of benzene rings is 2. The van der Waals surface area contributed by atoms with Gasteiger partial charge in [0.25, 0.3) is 0 Å². The van der Waals surface area contributed by atoms with Crippen LogP contribution in [0.4, 0.5) is 5.69 Å². The molecule has 0 spiro atoms. The van der Waals surface area contributed by atoms with E-state index in [1.165, 1.54) is 0 Å². The van der Waals surface area contributed by atoms with Gasteiger partial charge in [0.15, 0.2) is 0 Å². The molecular formula is C16H16INO2. The number of carbonyl (C=O) groups excluding carboxylic acids is 1. The second-order valence-electron chi connectivity index (χ2n) is 4.42. The maximum Gasteiger partial charge on any atom is 0.227 e. The zero-order valence-corrected chi connectivity index (χ0v) is 13.4. The number of rotatable bonds is 5. The topological polar surface area (TPSA) is 38.3 Å². The molecule has 104 valence electrons. The molecule has 0 heterocycles. The Bertz CT molecular complexity index is 581. The molecule has 0 aliphatic heterocycles. The molecule has 0 unspecified atom stereocenters. The Kier molecular flexibility index (Phi) is 5.40. The van der Waals surface area contributed by atoms with Gasteiger partial charge in [0.2, 0.25) is 5.91 Å². The maximum atomic E-state index is 11.8. The average molecular weight is 381 g/mol. The molecule has 1 amide bonds. The van der Waals surface area contributed by atoms with Crippen LogP contribution in [-0.2, 0) is 4.79 Å². The van der Waals surface area contributed by atoms with Gasteiger partial charge in [-0.1, -0.05) is 18.2 Å². The number of aryl methyl sites for hydroxylation is 1. The summed E-state index contributed by atoms with van der Waals surface area (Å²) < 4.78 is 6.74. The number of hydrogen-bond donors (Lipinski definition) is 1. The Morgan fingerprint density at radius 3 is 2.55 bits per heavy atom. The first kappa shape index (κ1) is 14.8. The molecule has 0 aliphatic rings. The van der Waals surface area contributed by atoms with Crippen molar-refractivity contribution in [1.29, 1.82) is 0 Å². The summed E-state index contributed by atoms with van der Waals surface area (Å²) in [4.78, 5) is 11.8. The summed E-state index contributed by atoms with van der Waals surface area (Å²) in [5.74, 6) is 0.786. The minimum absolute atomic E-state index is 0.0419.